The average molecular weight is 270 g/mol. The number of nitrogens with zero attached hydrogens (tertiary/aromatic N) is 2. The molecule has 1 amide bonds. The predicted molar refractivity (Wildman–Crippen MR) is 78.4 cm³/mol. The second-order valence-electron chi connectivity index (χ2n) is 5.07. The van der Waals surface area contributed by atoms with Crippen molar-refractivity contribution >= 4 is 12.1 Å². The van der Waals surface area contributed by atoms with E-state index < -0.39 is 5.60 Å². The Labute approximate surface area is 115 Å². The third-order valence-electron chi connectivity index (χ3n) is 2.08. The minimum absolute atomic E-state index is 0.330. The summed E-state index contributed by atoms with van der Waals surface area (Å²) in [6.07, 6.45) is 1.42. The fourth-order valence-corrected chi connectivity index (χ4v) is 1.16. The summed E-state index contributed by atoms with van der Waals surface area (Å²) in [5, 5.41) is 6.14. The van der Waals surface area contributed by atoms with Gasteiger partial charge in [-0.1, -0.05) is 6.08 Å². The first-order valence-corrected chi connectivity index (χ1v) is 6.29. The molecule has 0 spiro atoms. The van der Waals surface area contributed by atoms with Gasteiger partial charge in [-0.25, -0.2) is 4.79 Å². The van der Waals surface area contributed by atoms with Crippen molar-refractivity contribution in [1.82, 2.24) is 15.5 Å². The molecule has 110 valence electrons. The molecular weight excluding hydrogens is 244 g/mol. The maximum atomic E-state index is 11.7. The van der Waals surface area contributed by atoms with Crippen LogP contribution in [0.15, 0.2) is 17.6 Å². The lowest BCUT2D eigenvalue weighted by Gasteiger charge is -2.24. The molecule has 0 heterocycles. The molecule has 6 heteroatoms. The number of nitrogens with one attached hydrogen (secondary N) is 2. The molecule has 0 atom stereocenters. The maximum Gasteiger partial charge on any atom is 0.410 e. The summed E-state index contributed by atoms with van der Waals surface area (Å²) in [7, 11) is 3.39. The highest BCUT2D eigenvalue weighted by Crippen LogP contribution is 2.08. The minimum atomic E-state index is -0.472. The van der Waals surface area contributed by atoms with Crippen molar-refractivity contribution in [3.05, 3.63) is 12.7 Å². The number of amides is 1. The minimum Gasteiger partial charge on any atom is -0.444 e. The summed E-state index contributed by atoms with van der Waals surface area (Å²) < 4.78 is 5.25. The highest BCUT2D eigenvalue weighted by molar-refractivity contribution is 5.79. The summed E-state index contributed by atoms with van der Waals surface area (Å²) >= 11 is 0. The molecule has 0 saturated carbocycles. The van der Waals surface area contributed by atoms with Crippen LogP contribution in [0.2, 0.25) is 0 Å². The molecule has 0 aliphatic carbocycles. The first-order chi connectivity index (χ1) is 8.80. The van der Waals surface area contributed by atoms with Crippen LogP contribution < -0.4 is 10.6 Å². The molecule has 0 fully saturated rings. The van der Waals surface area contributed by atoms with Gasteiger partial charge in [0, 0.05) is 33.7 Å². The number of carbonyl (C=O) groups is 1. The Kier molecular flexibility index (Phi) is 7.63. The van der Waals surface area contributed by atoms with E-state index in [0.29, 0.717) is 25.6 Å². The van der Waals surface area contributed by atoms with E-state index in [1.54, 1.807) is 20.2 Å². The molecule has 0 aliphatic rings. The Morgan fingerprint density at radius 1 is 1.42 bits per heavy atom. The first kappa shape index (κ1) is 17.3. The van der Waals surface area contributed by atoms with Gasteiger partial charge in [0.1, 0.15) is 5.60 Å². The molecule has 0 aromatic heterocycles. The topological polar surface area (TPSA) is 66.0 Å². The fourth-order valence-electron chi connectivity index (χ4n) is 1.16. The monoisotopic (exact) mass is 270 g/mol. The number of hydrogen-bond donors (Lipinski definition) is 2. The number of aliphatic imine (C=N–C) groups is 1. The van der Waals surface area contributed by atoms with Crippen LogP contribution in [-0.4, -0.2) is 56.3 Å². The van der Waals surface area contributed by atoms with Crippen LogP contribution in [0, 0.1) is 0 Å². The van der Waals surface area contributed by atoms with Crippen molar-refractivity contribution in [1.29, 1.82) is 0 Å². The van der Waals surface area contributed by atoms with Crippen LogP contribution in [0.5, 0.6) is 0 Å². The van der Waals surface area contributed by atoms with Crippen molar-refractivity contribution in [3.8, 4) is 0 Å². The van der Waals surface area contributed by atoms with Gasteiger partial charge < -0.3 is 20.3 Å². The molecule has 2 N–H and O–H groups in total. The van der Waals surface area contributed by atoms with Gasteiger partial charge in [-0.2, -0.15) is 0 Å². The largest absolute Gasteiger partial charge is 0.444 e. The molecule has 0 rings (SSSR count). The summed E-state index contributed by atoms with van der Waals surface area (Å²) in [5.41, 5.74) is -0.472. The second-order valence-corrected chi connectivity index (χ2v) is 5.07. The van der Waals surface area contributed by atoms with Gasteiger partial charge in [0.25, 0.3) is 0 Å². The smallest absolute Gasteiger partial charge is 0.410 e. The molecule has 19 heavy (non-hydrogen) atoms. The summed E-state index contributed by atoms with van der Waals surface area (Å²) in [6, 6.07) is 0. The normalized spacial score (nSPS) is 11.7. The van der Waals surface area contributed by atoms with Crippen LogP contribution in [0.25, 0.3) is 0 Å². The standard InChI is InChI=1S/C13H26N4O2/c1-7-8-15-11(14-5)16-9-10-17(6)12(18)19-13(2,3)4/h7H,1,8-10H2,2-6H3,(H2,14,15,16). The fraction of sp³-hybridized carbons (Fsp3) is 0.692. The van der Waals surface area contributed by atoms with Gasteiger partial charge in [-0.15, -0.1) is 6.58 Å². The molecule has 0 saturated heterocycles. The molecule has 0 aromatic rings. The lowest BCUT2D eigenvalue weighted by atomic mass is 10.2. The summed E-state index contributed by atoms with van der Waals surface area (Å²) in [5.74, 6) is 0.678. The van der Waals surface area contributed by atoms with E-state index >= 15 is 0 Å². The number of likely N-dealkylation sites (N-methyl/N-ethyl adjacent to an activating group) is 1. The highest BCUT2D eigenvalue weighted by Gasteiger charge is 2.19. The zero-order chi connectivity index (χ0) is 14.9. The Morgan fingerprint density at radius 3 is 2.53 bits per heavy atom. The highest BCUT2D eigenvalue weighted by atomic mass is 16.6. The van der Waals surface area contributed by atoms with Crippen molar-refractivity contribution in [2.75, 3.05) is 33.7 Å². The molecule has 0 radical (unpaired) electrons. The van der Waals surface area contributed by atoms with E-state index in [9.17, 15) is 4.79 Å². The third-order valence-corrected chi connectivity index (χ3v) is 2.08. The predicted octanol–water partition coefficient (Wildman–Crippen LogP) is 1.20. The summed E-state index contributed by atoms with van der Waals surface area (Å²) in [6.45, 7) is 10.9. The Hall–Kier alpha value is -1.72. The van der Waals surface area contributed by atoms with Gasteiger partial charge in [0.05, 0.1) is 0 Å². The number of hydrogen-bond acceptors (Lipinski definition) is 3. The van der Waals surface area contributed by atoms with Crippen molar-refractivity contribution in [2.45, 2.75) is 26.4 Å². The van der Waals surface area contributed by atoms with Crippen LogP contribution in [0.3, 0.4) is 0 Å². The number of rotatable bonds is 5. The number of guanidine groups is 1. The third kappa shape index (κ3) is 8.93. The van der Waals surface area contributed by atoms with Crippen LogP contribution in [0.4, 0.5) is 4.79 Å². The van der Waals surface area contributed by atoms with E-state index in [2.05, 4.69) is 22.2 Å². The lowest BCUT2D eigenvalue weighted by molar-refractivity contribution is 0.0302. The molecule has 0 bridgehead atoms. The van der Waals surface area contributed by atoms with Crippen LogP contribution in [-0.2, 0) is 4.74 Å². The number of ether oxygens (including phenoxy) is 1. The van der Waals surface area contributed by atoms with Crippen molar-refractivity contribution < 1.29 is 9.53 Å². The van der Waals surface area contributed by atoms with E-state index in [0.717, 1.165) is 0 Å². The Bertz CT molecular complexity index is 321. The van der Waals surface area contributed by atoms with Crippen molar-refractivity contribution in [3.63, 3.8) is 0 Å². The van der Waals surface area contributed by atoms with E-state index in [-0.39, 0.29) is 6.09 Å². The van der Waals surface area contributed by atoms with E-state index in [4.69, 9.17) is 4.74 Å². The van der Waals surface area contributed by atoms with Crippen LogP contribution in [0.1, 0.15) is 20.8 Å². The van der Waals surface area contributed by atoms with E-state index in [1.807, 2.05) is 20.8 Å². The molecular formula is C13H26N4O2. The first-order valence-electron chi connectivity index (χ1n) is 6.29. The van der Waals surface area contributed by atoms with Gasteiger partial charge in [0.2, 0.25) is 0 Å². The Balaban J connectivity index is 3.99. The lowest BCUT2D eigenvalue weighted by Crippen LogP contribution is -2.43. The molecule has 0 aliphatic heterocycles. The van der Waals surface area contributed by atoms with Gasteiger partial charge >= 0.3 is 6.09 Å². The Morgan fingerprint density at radius 2 is 2.05 bits per heavy atom. The van der Waals surface area contributed by atoms with E-state index in [1.165, 1.54) is 4.90 Å². The molecule has 0 aromatic carbocycles. The van der Waals surface area contributed by atoms with Crippen LogP contribution >= 0.6 is 0 Å². The van der Waals surface area contributed by atoms with Gasteiger partial charge in [-0.3, -0.25) is 4.99 Å². The van der Waals surface area contributed by atoms with Gasteiger partial charge in [-0.05, 0) is 20.8 Å². The average Bonchev–Trinajstić information content (AvgIpc) is 2.31. The quantitative estimate of drug-likeness (QED) is 0.447. The zero-order valence-electron chi connectivity index (χ0n) is 12.6. The molecule has 0 unspecified atom stereocenters. The summed E-state index contributed by atoms with van der Waals surface area (Å²) in [4.78, 5) is 17.3. The SMILES string of the molecule is C=CCNC(=NC)NCCN(C)C(=O)OC(C)(C)C. The number of carbonyl (C=O) groups excluding carboxylic acids is 1. The molecule has 6 nitrogen and oxygen atoms in total. The zero-order valence-corrected chi connectivity index (χ0v) is 12.6. The van der Waals surface area contributed by atoms with Crippen molar-refractivity contribution in [2.24, 2.45) is 4.99 Å². The maximum absolute atomic E-state index is 11.7. The second kappa shape index (κ2) is 8.39. The van der Waals surface area contributed by atoms with Gasteiger partial charge in [0.15, 0.2) is 5.96 Å².